The summed E-state index contributed by atoms with van der Waals surface area (Å²) < 4.78 is 17.7. The molecule has 0 aliphatic heterocycles. The van der Waals surface area contributed by atoms with Gasteiger partial charge in [-0.25, -0.2) is 4.39 Å². The Labute approximate surface area is 92.1 Å². The first kappa shape index (κ1) is 11.6. The molecule has 0 aliphatic rings. The fourth-order valence-corrected chi connectivity index (χ4v) is 1.23. The second-order valence-electron chi connectivity index (χ2n) is 2.47. The van der Waals surface area contributed by atoms with Gasteiger partial charge in [0.15, 0.2) is 6.29 Å². The molecule has 0 saturated carbocycles. The first-order valence-corrected chi connectivity index (χ1v) is 4.55. The molecule has 5 nitrogen and oxygen atoms in total. The molecule has 1 rings (SSSR count). The number of aldehydes is 1. The number of carbonyl (C=O) groups excluding carboxylic acids is 1. The summed E-state index contributed by atoms with van der Waals surface area (Å²) in [5.74, 6) is -0.964. The summed E-state index contributed by atoms with van der Waals surface area (Å²) in [7, 11) is 0. The van der Waals surface area contributed by atoms with Crippen molar-refractivity contribution in [3.05, 3.63) is 32.5 Å². The van der Waals surface area contributed by atoms with Crippen molar-refractivity contribution in [3.63, 3.8) is 0 Å². The average molecular weight is 278 g/mol. The van der Waals surface area contributed by atoms with Crippen molar-refractivity contribution in [1.29, 1.82) is 0 Å². The van der Waals surface area contributed by atoms with Gasteiger partial charge in [0.2, 0.25) is 5.75 Å². The third kappa shape index (κ3) is 2.72. The lowest BCUT2D eigenvalue weighted by atomic mass is 10.3. The first-order valence-electron chi connectivity index (χ1n) is 3.76. The van der Waals surface area contributed by atoms with Crippen LogP contribution in [-0.2, 0) is 4.79 Å². The number of carbonyl (C=O) groups is 1. The van der Waals surface area contributed by atoms with Crippen molar-refractivity contribution in [2.45, 2.75) is 0 Å². The minimum Gasteiger partial charge on any atom is -0.479 e. The van der Waals surface area contributed by atoms with Crippen LogP contribution in [0.15, 0.2) is 16.6 Å². The molecule has 0 saturated heterocycles. The van der Waals surface area contributed by atoms with E-state index in [1.165, 1.54) is 0 Å². The monoisotopic (exact) mass is 277 g/mol. The number of ether oxygens (including phenoxy) is 1. The highest BCUT2D eigenvalue weighted by atomic mass is 79.9. The number of hydrogen-bond acceptors (Lipinski definition) is 4. The van der Waals surface area contributed by atoms with Gasteiger partial charge in [-0.15, -0.1) is 0 Å². The van der Waals surface area contributed by atoms with E-state index >= 15 is 0 Å². The smallest absolute Gasteiger partial charge is 0.312 e. The van der Waals surface area contributed by atoms with Gasteiger partial charge in [-0.1, -0.05) is 0 Å². The van der Waals surface area contributed by atoms with Crippen LogP contribution < -0.4 is 4.74 Å². The van der Waals surface area contributed by atoms with Crippen LogP contribution >= 0.6 is 15.9 Å². The normalized spacial score (nSPS) is 9.73. The molecule has 0 radical (unpaired) electrons. The molecule has 7 heteroatoms. The van der Waals surface area contributed by atoms with Gasteiger partial charge in [0.25, 0.3) is 0 Å². The first-order chi connectivity index (χ1) is 7.06. The van der Waals surface area contributed by atoms with Crippen molar-refractivity contribution in [1.82, 2.24) is 0 Å². The van der Waals surface area contributed by atoms with E-state index in [1.54, 1.807) is 0 Å². The molecule has 15 heavy (non-hydrogen) atoms. The van der Waals surface area contributed by atoms with E-state index in [2.05, 4.69) is 15.9 Å². The highest BCUT2D eigenvalue weighted by molar-refractivity contribution is 9.10. The largest absolute Gasteiger partial charge is 0.479 e. The van der Waals surface area contributed by atoms with Crippen molar-refractivity contribution >= 4 is 27.9 Å². The van der Waals surface area contributed by atoms with Crippen LogP contribution in [0.25, 0.3) is 0 Å². The third-order valence-electron chi connectivity index (χ3n) is 1.51. The van der Waals surface area contributed by atoms with Crippen LogP contribution in [0.1, 0.15) is 0 Å². The van der Waals surface area contributed by atoms with E-state index < -0.39 is 16.4 Å². The molecule has 0 spiro atoms. The second-order valence-corrected chi connectivity index (χ2v) is 3.32. The number of rotatable bonds is 4. The molecule has 0 bridgehead atoms. The van der Waals surface area contributed by atoms with Gasteiger partial charge in [-0.2, -0.15) is 0 Å². The van der Waals surface area contributed by atoms with Gasteiger partial charge in [0, 0.05) is 12.1 Å². The van der Waals surface area contributed by atoms with Crippen LogP contribution in [0.4, 0.5) is 10.1 Å². The Morgan fingerprint density at radius 3 is 2.80 bits per heavy atom. The molecular formula is C8H5BrFNO4. The zero-order valence-electron chi connectivity index (χ0n) is 7.28. The fourth-order valence-electron chi connectivity index (χ4n) is 0.900. The summed E-state index contributed by atoms with van der Waals surface area (Å²) in [5.41, 5.74) is -0.398. The molecule has 0 atom stereocenters. The van der Waals surface area contributed by atoms with Gasteiger partial charge in [0.1, 0.15) is 12.4 Å². The van der Waals surface area contributed by atoms with Gasteiger partial charge >= 0.3 is 5.69 Å². The van der Waals surface area contributed by atoms with Crippen LogP contribution in [0.2, 0.25) is 0 Å². The highest BCUT2D eigenvalue weighted by Crippen LogP contribution is 2.32. The predicted molar refractivity (Wildman–Crippen MR) is 52.3 cm³/mol. The molecule has 0 unspecified atom stereocenters. The maximum Gasteiger partial charge on any atom is 0.312 e. The van der Waals surface area contributed by atoms with Crippen molar-refractivity contribution in [2.75, 3.05) is 6.61 Å². The predicted octanol–water partition coefficient (Wildman–Crippen LogP) is 2.07. The molecule has 0 N–H and O–H groups in total. The Bertz CT molecular complexity index is 410. The Hall–Kier alpha value is -1.50. The van der Waals surface area contributed by atoms with Gasteiger partial charge in [0.05, 0.1) is 9.40 Å². The maximum absolute atomic E-state index is 13.0. The van der Waals surface area contributed by atoms with Gasteiger partial charge < -0.3 is 4.74 Å². The van der Waals surface area contributed by atoms with E-state index in [0.29, 0.717) is 6.29 Å². The van der Waals surface area contributed by atoms with Crippen molar-refractivity contribution in [3.8, 4) is 5.75 Å². The third-order valence-corrected chi connectivity index (χ3v) is 2.11. The molecule has 0 aromatic heterocycles. The summed E-state index contributed by atoms with van der Waals surface area (Å²) in [4.78, 5) is 19.8. The number of halogens is 2. The zero-order valence-corrected chi connectivity index (χ0v) is 8.86. The van der Waals surface area contributed by atoms with Crippen LogP contribution in [0.3, 0.4) is 0 Å². The van der Waals surface area contributed by atoms with Gasteiger partial charge in [-0.05, 0) is 15.9 Å². The second kappa shape index (κ2) is 4.83. The van der Waals surface area contributed by atoms with Crippen LogP contribution in [0.5, 0.6) is 5.75 Å². The quantitative estimate of drug-likeness (QED) is 0.480. The summed E-state index contributed by atoms with van der Waals surface area (Å²) in [6.45, 7) is -0.359. The van der Waals surface area contributed by atoms with E-state index in [9.17, 15) is 19.3 Å². The highest BCUT2D eigenvalue weighted by Gasteiger charge is 2.18. The molecule has 0 heterocycles. The fraction of sp³-hybridized carbons (Fsp3) is 0.125. The Morgan fingerprint density at radius 2 is 2.27 bits per heavy atom. The van der Waals surface area contributed by atoms with Crippen molar-refractivity contribution < 1.29 is 18.8 Å². The molecule has 0 fully saturated rings. The Kier molecular flexibility index (Phi) is 3.73. The Morgan fingerprint density at radius 1 is 1.60 bits per heavy atom. The SMILES string of the molecule is O=CCOc1cc(F)c(Br)cc1[N+](=O)[O-]. The molecule has 0 amide bonds. The molecule has 80 valence electrons. The van der Waals surface area contributed by atoms with Crippen LogP contribution in [-0.4, -0.2) is 17.8 Å². The van der Waals surface area contributed by atoms with Gasteiger partial charge in [-0.3, -0.25) is 14.9 Å². The van der Waals surface area contributed by atoms with E-state index in [0.717, 1.165) is 12.1 Å². The zero-order chi connectivity index (χ0) is 11.4. The average Bonchev–Trinajstić information content (AvgIpc) is 2.19. The number of nitro groups is 1. The Balaban J connectivity index is 3.15. The molecule has 1 aromatic carbocycles. The summed E-state index contributed by atoms with van der Waals surface area (Å²) in [5, 5.41) is 10.5. The lowest BCUT2D eigenvalue weighted by Gasteiger charge is -2.04. The molecule has 1 aromatic rings. The molecular weight excluding hydrogens is 273 g/mol. The maximum atomic E-state index is 13.0. The van der Waals surface area contributed by atoms with E-state index in [4.69, 9.17) is 4.74 Å². The summed E-state index contributed by atoms with van der Waals surface area (Å²) >= 11 is 2.81. The standard InChI is InChI=1S/C8H5BrFNO4/c9-5-3-7(11(13)14)8(4-6(5)10)15-2-1-12/h1,3-4H,2H2. The minimum absolute atomic E-state index is 0.0346. The van der Waals surface area contributed by atoms with E-state index in [1.807, 2.05) is 0 Å². The summed E-state index contributed by atoms with van der Waals surface area (Å²) in [6.07, 6.45) is 0.420. The number of hydrogen-bond donors (Lipinski definition) is 0. The number of nitro benzene ring substituents is 1. The molecule has 0 aliphatic carbocycles. The van der Waals surface area contributed by atoms with Crippen molar-refractivity contribution in [2.24, 2.45) is 0 Å². The lowest BCUT2D eigenvalue weighted by molar-refractivity contribution is -0.385. The lowest BCUT2D eigenvalue weighted by Crippen LogP contribution is -2.02. The van der Waals surface area contributed by atoms with E-state index in [-0.39, 0.29) is 16.8 Å². The number of benzene rings is 1. The number of nitrogens with zero attached hydrogens (tertiary/aromatic N) is 1. The van der Waals surface area contributed by atoms with Crippen LogP contribution in [0, 0.1) is 15.9 Å². The summed E-state index contributed by atoms with van der Waals surface area (Å²) in [6, 6.07) is 1.83. The minimum atomic E-state index is -0.718. The topological polar surface area (TPSA) is 69.4 Å².